The number of urea groups is 1. The van der Waals surface area contributed by atoms with Crippen molar-refractivity contribution in [1.82, 2.24) is 10.3 Å². The van der Waals surface area contributed by atoms with Crippen molar-refractivity contribution >= 4 is 6.03 Å². The first-order valence-electron chi connectivity index (χ1n) is 3.56. The third-order valence-electron chi connectivity index (χ3n) is 1.42. The Morgan fingerprint density at radius 1 is 1.67 bits per heavy atom. The summed E-state index contributed by atoms with van der Waals surface area (Å²) < 4.78 is 5.18. The summed E-state index contributed by atoms with van der Waals surface area (Å²) in [7, 11) is 0. The van der Waals surface area contributed by atoms with Gasteiger partial charge in [0.05, 0.1) is 12.2 Å². The van der Waals surface area contributed by atoms with E-state index in [1.165, 1.54) is 0 Å². The molecule has 1 heterocycles. The summed E-state index contributed by atoms with van der Waals surface area (Å²) in [6, 6.07) is -0.566. The normalized spacial score (nSPS) is 9.83. The van der Waals surface area contributed by atoms with Gasteiger partial charge >= 0.3 is 6.03 Å². The number of oxazole rings is 1. The number of hydrogen-bond acceptors (Lipinski definition) is 3. The number of nitrogens with one attached hydrogen (secondary N) is 1. The van der Waals surface area contributed by atoms with Crippen molar-refractivity contribution in [2.75, 3.05) is 0 Å². The summed E-state index contributed by atoms with van der Waals surface area (Å²) in [4.78, 5) is 14.4. The van der Waals surface area contributed by atoms with E-state index in [2.05, 4.69) is 10.3 Å². The smallest absolute Gasteiger partial charge is 0.312 e. The highest BCUT2D eigenvalue weighted by Crippen LogP contribution is 2.07. The van der Waals surface area contributed by atoms with Gasteiger partial charge in [-0.1, -0.05) is 0 Å². The number of amides is 2. The molecule has 0 spiro atoms. The minimum atomic E-state index is -0.566. The Labute approximate surface area is 70.0 Å². The Morgan fingerprint density at radius 3 is 2.75 bits per heavy atom. The Kier molecular flexibility index (Phi) is 2.32. The van der Waals surface area contributed by atoms with Crippen LogP contribution in [0.5, 0.6) is 0 Å². The van der Waals surface area contributed by atoms with Crippen molar-refractivity contribution in [2.24, 2.45) is 5.73 Å². The van der Waals surface area contributed by atoms with E-state index < -0.39 is 6.03 Å². The third-order valence-corrected chi connectivity index (χ3v) is 1.42. The number of aryl methyl sites for hydroxylation is 2. The van der Waals surface area contributed by atoms with Crippen LogP contribution in [0, 0.1) is 13.8 Å². The van der Waals surface area contributed by atoms with Crippen molar-refractivity contribution in [3.8, 4) is 0 Å². The summed E-state index contributed by atoms with van der Waals surface area (Å²) in [6.07, 6.45) is 0. The van der Waals surface area contributed by atoms with Crippen LogP contribution < -0.4 is 11.1 Å². The van der Waals surface area contributed by atoms with Gasteiger partial charge in [-0.25, -0.2) is 9.78 Å². The SMILES string of the molecule is Cc1nc(C)c(CNC(N)=O)o1. The lowest BCUT2D eigenvalue weighted by Gasteiger charge is -1.97. The number of nitrogens with zero attached hydrogens (tertiary/aromatic N) is 1. The molecule has 0 saturated carbocycles. The second kappa shape index (κ2) is 3.25. The number of nitrogens with two attached hydrogens (primary N) is 1. The van der Waals surface area contributed by atoms with E-state index in [0.29, 0.717) is 18.2 Å². The van der Waals surface area contributed by atoms with E-state index in [9.17, 15) is 4.79 Å². The van der Waals surface area contributed by atoms with Crippen LogP contribution >= 0.6 is 0 Å². The predicted molar refractivity (Wildman–Crippen MR) is 42.4 cm³/mol. The average Bonchev–Trinajstić information content (AvgIpc) is 2.26. The van der Waals surface area contributed by atoms with Gasteiger partial charge in [-0.05, 0) is 6.92 Å². The number of hydrogen-bond donors (Lipinski definition) is 2. The monoisotopic (exact) mass is 169 g/mol. The standard InChI is InChI=1S/C7H11N3O2/c1-4-6(3-9-7(8)11)12-5(2)10-4/h3H2,1-2H3,(H3,8,9,11). The topological polar surface area (TPSA) is 81.1 Å². The first-order chi connectivity index (χ1) is 5.59. The fourth-order valence-electron chi connectivity index (χ4n) is 0.905. The summed E-state index contributed by atoms with van der Waals surface area (Å²) in [6.45, 7) is 3.86. The summed E-state index contributed by atoms with van der Waals surface area (Å²) in [5, 5.41) is 2.42. The van der Waals surface area contributed by atoms with Crippen LogP contribution in [0.3, 0.4) is 0 Å². The number of aromatic nitrogens is 1. The Balaban J connectivity index is 2.62. The van der Waals surface area contributed by atoms with Crippen molar-refractivity contribution < 1.29 is 9.21 Å². The molecule has 0 unspecified atom stereocenters. The van der Waals surface area contributed by atoms with Crippen LogP contribution in [-0.2, 0) is 6.54 Å². The van der Waals surface area contributed by atoms with Gasteiger partial charge in [-0.15, -0.1) is 0 Å². The van der Waals surface area contributed by atoms with E-state index in [1.54, 1.807) is 6.92 Å². The highest BCUT2D eigenvalue weighted by Gasteiger charge is 2.06. The van der Waals surface area contributed by atoms with Gasteiger partial charge in [0.1, 0.15) is 5.76 Å². The van der Waals surface area contributed by atoms with Gasteiger partial charge in [-0.3, -0.25) is 0 Å². The number of rotatable bonds is 2. The van der Waals surface area contributed by atoms with Gasteiger partial charge in [0.25, 0.3) is 0 Å². The Bertz CT molecular complexity index is 293. The van der Waals surface area contributed by atoms with Crippen molar-refractivity contribution in [2.45, 2.75) is 20.4 Å². The second-order valence-corrected chi connectivity index (χ2v) is 2.46. The molecule has 0 aliphatic carbocycles. The van der Waals surface area contributed by atoms with Crippen molar-refractivity contribution in [3.05, 3.63) is 17.3 Å². The molecule has 0 bridgehead atoms. The van der Waals surface area contributed by atoms with E-state index in [0.717, 1.165) is 5.69 Å². The zero-order chi connectivity index (χ0) is 9.14. The minimum absolute atomic E-state index is 0.294. The van der Waals surface area contributed by atoms with E-state index in [1.807, 2.05) is 6.92 Å². The molecular weight excluding hydrogens is 158 g/mol. The maximum Gasteiger partial charge on any atom is 0.312 e. The van der Waals surface area contributed by atoms with Crippen molar-refractivity contribution in [3.63, 3.8) is 0 Å². The number of primary amides is 1. The van der Waals surface area contributed by atoms with Crippen LogP contribution in [0.15, 0.2) is 4.42 Å². The molecule has 1 rings (SSSR count). The highest BCUT2D eigenvalue weighted by atomic mass is 16.4. The molecule has 5 nitrogen and oxygen atoms in total. The van der Waals surface area contributed by atoms with Gasteiger partial charge in [0.2, 0.25) is 0 Å². The first-order valence-corrected chi connectivity index (χ1v) is 3.56. The maximum absolute atomic E-state index is 10.3. The fraction of sp³-hybridized carbons (Fsp3) is 0.429. The molecule has 0 fully saturated rings. The second-order valence-electron chi connectivity index (χ2n) is 2.46. The van der Waals surface area contributed by atoms with Crippen LogP contribution in [-0.4, -0.2) is 11.0 Å². The van der Waals surface area contributed by atoms with E-state index in [-0.39, 0.29) is 0 Å². The summed E-state index contributed by atoms with van der Waals surface area (Å²) in [5.74, 6) is 1.24. The largest absolute Gasteiger partial charge is 0.444 e. The molecule has 0 aliphatic rings. The molecule has 12 heavy (non-hydrogen) atoms. The minimum Gasteiger partial charge on any atom is -0.444 e. The first kappa shape index (κ1) is 8.58. The molecule has 0 aliphatic heterocycles. The molecule has 0 atom stereocenters. The average molecular weight is 169 g/mol. The summed E-state index contributed by atoms with van der Waals surface area (Å²) in [5.41, 5.74) is 5.66. The molecule has 2 amide bonds. The molecule has 1 aromatic rings. The van der Waals surface area contributed by atoms with Gasteiger partial charge in [0, 0.05) is 6.92 Å². The number of carbonyl (C=O) groups is 1. The van der Waals surface area contributed by atoms with Gasteiger partial charge < -0.3 is 15.5 Å². The zero-order valence-electron chi connectivity index (χ0n) is 7.05. The molecule has 0 aromatic carbocycles. The van der Waals surface area contributed by atoms with Crippen LogP contribution in [0.1, 0.15) is 17.3 Å². The van der Waals surface area contributed by atoms with Crippen LogP contribution in [0.2, 0.25) is 0 Å². The molecule has 0 radical (unpaired) electrons. The zero-order valence-corrected chi connectivity index (χ0v) is 7.05. The fourth-order valence-corrected chi connectivity index (χ4v) is 0.905. The van der Waals surface area contributed by atoms with E-state index >= 15 is 0 Å². The summed E-state index contributed by atoms with van der Waals surface area (Å²) >= 11 is 0. The van der Waals surface area contributed by atoms with Crippen LogP contribution in [0.25, 0.3) is 0 Å². The van der Waals surface area contributed by atoms with E-state index in [4.69, 9.17) is 10.2 Å². The van der Waals surface area contributed by atoms with Crippen LogP contribution in [0.4, 0.5) is 4.79 Å². The highest BCUT2D eigenvalue weighted by molar-refractivity contribution is 5.71. The molecular formula is C7H11N3O2. The van der Waals surface area contributed by atoms with Gasteiger partial charge in [-0.2, -0.15) is 0 Å². The Morgan fingerprint density at radius 2 is 2.33 bits per heavy atom. The lowest BCUT2D eigenvalue weighted by atomic mass is 10.4. The third kappa shape index (κ3) is 1.98. The Hall–Kier alpha value is -1.52. The molecule has 1 aromatic heterocycles. The van der Waals surface area contributed by atoms with Gasteiger partial charge in [0.15, 0.2) is 5.89 Å². The predicted octanol–water partition coefficient (Wildman–Crippen LogP) is 0.460. The number of carbonyl (C=O) groups excluding carboxylic acids is 1. The lowest BCUT2D eigenvalue weighted by molar-refractivity contribution is 0.247. The quantitative estimate of drug-likeness (QED) is 0.674. The molecule has 5 heteroatoms. The molecule has 0 saturated heterocycles. The molecule has 3 N–H and O–H groups in total. The molecule has 66 valence electrons. The maximum atomic E-state index is 10.3. The lowest BCUT2D eigenvalue weighted by Crippen LogP contribution is -2.28. The van der Waals surface area contributed by atoms with Crippen molar-refractivity contribution in [1.29, 1.82) is 0 Å².